The number of aromatic nitrogens is 4. The van der Waals surface area contributed by atoms with Gasteiger partial charge in [-0.25, -0.2) is 9.89 Å². The summed E-state index contributed by atoms with van der Waals surface area (Å²) in [6.07, 6.45) is 1.57. The molecule has 0 saturated carbocycles. The van der Waals surface area contributed by atoms with Gasteiger partial charge < -0.3 is 5.73 Å². The summed E-state index contributed by atoms with van der Waals surface area (Å²) in [6.45, 7) is 3.82. The molecule has 2 aromatic heterocycles. The second-order valence-electron chi connectivity index (χ2n) is 4.17. The van der Waals surface area contributed by atoms with Crippen molar-refractivity contribution in [2.24, 2.45) is 5.73 Å². The zero-order valence-electron chi connectivity index (χ0n) is 10.5. The van der Waals surface area contributed by atoms with Crippen LogP contribution >= 0.6 is 11.8 Å². The predicted octanol–water partition coefficient (Wildman–Crippen LogP) is 0.983. The van der Waals surface area contributed by atoms with Crippen molar-refractivity contribution in [3.63, 3.8) is 0 Å². The number of aromatic amines is 1. The van der Waals surface area contributed by atoms with E-state index in [9.17, 15) is 4.79 Å². The minimum absolute atomic E-state index is 0.0165. The first kappa shape index (κ1) is 13.3. The highest BCUT2D eigenvalue weighted by molar-refractivity contribution is 7.99. The molecule has 19 heavy (non-hydrogen) atoms. The summed E-state index contributed by atoms with van der Waals surface area (Å²) in [4.78, 5) is 16.4. The molecule has 0 unspecified atom stereocenters. The Balaban J connectivity index is 2.34. The Morgan fingerprint density at radius 2 is 2.32 bits per heavy atom. The van der Waals surface area contributed by atoms with Crippen LogP contribution in [-0.4, -0.2) is 25.6 Å². The zero-order valence-corrected chi connectivity index (χ0v) is 11.4. The molecule has 8 heteroatoms. The number of pyridine rings is 1. The van der Waals surface area contributed by atoms with Crippen LogP contribution in [0, 0.1) is 5.41 Å². The monoisotopic (exact) mass is 278 g/mol. The number of nitrogens with zero attached hydrogens (tertiary/aromatic N) is 3. The Bertz CT molecular complexity index is 659. The average Bonchev–Trinajstić information content (AvgIpc) is 2.70. The van der Waals surface area contributed by atoms with E-state index >= 15 is 0 Å². The number of rotatable bonds is 4. The van der Waals surface area contributed by atoms with Gasteiger partial charge in [0.15, 0.2) is 5.16 Å². The molecule has 0 bridgehead atoms. The van der Waals surface area contributed by atoms with Gasteiger partial charge in [-0.3, -0.25) is 15.0 Å². The fraction of sp³-hybridized carbons (Fsp3) is 0.273. The van der Waals surface area contributed by atoms with Crippen LogP contribution < -0.4 is 11.4 Å². The minimum Gasteiger partial charge on any atom is -0.382 e. The molecule has 0 fully saturated rings. The van der Waals surface area contributed by atoms with Crippen LogP contribution in [-0.2, 0) is 0 Å². The maximum absolute atomic E-state index is 11.6. The van der Waals surface area contributed by atoms with E-state index < -0.39 is 0 Å². The number of hydrogen-bond acceptors (Lipinski definition) is 5. The molecule has 7 nitrogen and oxygen atoms in total. The highest BCUT2D eigenvalue weighted by Crippen LogP contribution is 2.26. The Morgan fingerprint density at radius 3 is 2.95 bits per heavy atom. The van der Waals surface area contributed by atoms with Gasteiger partial charge in [0.1, 0.15) is 11.5 Å². The molecule has 0 aromatic carbocycles. The summed E-state index contributed by atoms with van der Waals surface area (Å²) < 4.78 is 1.57. The van der Waals surface area contributed by atoms with Crippen molar-refractivity contribution in [2.75, 3.05) is 0 Å². The van der Waals surface area contributed by atoms with Crippen LogP contribution in [0.1, 0.15) is 25.6 Å². The lowest BCUT2D eigenvalue weighted by Crippen LogP contribution is -2.19. The van der Waals surface area contributed by atoms with E-state index in [4.69, 9.17) is 11.1 Å². The molecule has 100 valence electrons. The standard InChI is InChI=1S/C11H14N6OS/c1-6(2)17-10(18)15-16-11(17)19-7-3-4-14-8(5-7)9(12)13/h3-6H,1-2H3,(H3,12,13)(H,15,18). The summed E-state index contributed by atoms with van der Waals surface area (Å²) in [6, 6.07) is 3.49. The second kappa shape index (κ2) is 5.27. The van der Waals surface area contributed by atoms with Gasteiger partial charge in [0.25, 0.3) is 0 Å². The Hall–Kier alpha value is -2.09. The van der Waals surface area contributed by atoms with E-state index in [0.717, 1.165) is 4.90 Å². The molecule has 0 spiro atoms. The van der Waals surface area contributed by atoms with Gasteiger partial charge in [-0.2, -0.15) is 0 Å². The number of nitrogens with one attached hydrogen (secondary N) is 2. The maximum Gasteiger partial charge on any atom is 0.344 e. The van der Waals surface area contributed by atoms with Crippen molar-refractivity contribution < 1.29 is 0 Å². The molecular formula is C11H14N6OS. The molecule has 0 amide bonds. The molecule has 0 saturated heterocycles. The van der Waals surface area contributed by atoms with Gasteiger partial charge in [0.2, 0.25) is 0 Å². The lowest BCUT2D eigenvalue weighted by molar-refractivity contribution is 0.534. The topological polar surface area (TPSA) is 113 Å². The summed E-state index contributed by atoms with van der Waals surface area (Å²) in [5.41, 5.74) is 5.56. The van der Waals surface area contributed by atoms with E-state index in [2.05, 4.69) is 15.2 Å². The van der Waals surface area contributed by atoms with E-state index in [1.807, 2.05) is 13.8 Å². The number of nitrogens with two attached hydrogens (primary N) is 1. The molecule has 4 N–H and O–H groups in total. The Kier molecular flexibility index (Phi) is 3.70. The highest BCUT2D eigenvalue weighted by Gasteiger charge is 2.13. The SMILES string of the molecule is CC(C)n1c(Sc2ccnc(C(=N)N)c2)n[nH]c1=O. The van der Waals surface area contributed by atoms with E-state index in [0.29, 0.717) is 10.9 Å². The van der Waals surface area contributed by atoms with Crippen LogP contribution in [0.15, 0.2) is 33.2 Å². The van der Waals surface area contributed by atoms with E-state index in [-0.39, 0.29) is 17.6 Å². The first-order chi connectivity index (χ1) is 8.99. The lowest BCUT2D eigenvalue weighted by Gasteiger charge is -2.08. The normalized spacial score (nSPS) is 10.9. The molecule has 2 aromatic rings. The van der Waals surface area contributed by atoms with Gasteiger partial charge in [0.05, 0.1) is 0 Å². The van der Waals surface area contributed by atoms with Crippen molar-refractivity contribution in [1.29, 1.82) is 5.41 Å². The highest BCUT2D eigenvalue weighted by atomic mass is 32.2. The molecular weight excluding hydrogens is 264 g/mol. The van der Waals surface area contributed by atoms with Crippen molar-refractivity contribution in [2.45, 2.75) is 29.9 Å². The Morgan fingerprint density at radius 1 is 1.58 bits per heavy atom. The number of H-pyrrole nitrogens is 1. The van der Waals surface area contributed by atoms with Crippen molar-refractivity contribution in [3.05, 3.63) is 34.5 Å². The van der Waals surface area contributed by atoms with Crippen LogP contribution in [0.3, 0.4) is 0 Å². The molecule has 0 aliphatic heterocycles. The fourth-order valence-electron chi connectivity index (χ4n) is 1.54. The quantitative estimate of drug-likeness (QED) is 0.570. The number of nitrogen functional groups attached to an aromatic ring is 1. The van der Waals surface area contributed by atoms with Crippen LogP contribution in [0.25, 0.3) is 0 Å². The van der Waals surface area contributed by atoms with Crippen LogP contribution in [0.4, 0.5) is 0 Å². The predicted molar refractivity (Wildman–Crippen MR) is 72.6 cm³/mol. The third kappa shape index (κ3) is 2.84. The lowest BCUT2D eigenvalue weighted by atomic mass is 10.3. The van der Waals surface area contributed by atoms with Crippen molar-refractivity contribution >= 4 is 17.6 Å². The largest absolute Gasteiger partial charge is 0.382 e. The molecule has 2 rings (SSSR count). The molecule has 0 aliphatic carbocycles. The van der Waals surface area contributed by atoms with Crippen molar-refractivity contribution in [1.82, 2.24) is 19.7 Å². The van der Waals surface area contributed by atoms with Crippen LogP contribution in [0.2, 0.25) is 0 Å². The van der Waals surface area contributed by atoms with Gasteiger partial charge in [-0.15, -0.1) is 5.10 Å². The summed E-state index contributed by atoms with van der Waals surface area (Å²) >= 11 is 1.32. The number of amidine groups is 1. The first-order valence-electron chi connectivity index (χ1n) is 5.64. The molecule has 2 heterocycles. The first-order valence-corrected chi connectivity index (χ1v) is 6.46. The van der Waals surface area contributed by atoms with Gasteiger partial charge in [-0.1, -0.05) is 0 Å². The molecule has 0 aliphatic rings. The van der Waals surface area contributed by atoms with Gasteiger partial charge in [0, 0.05) is 17.1 Å². The smallest absolute Gasteiger partial charge is 0.344 e. The van der Waals surface area contributed by atoms with Gasteiger partial charge in [-0.05, 0) is 37.7 Å². The summed E-state index contributed by atoms with van der Waals surface area (Å²) in [5, 5.41) is 14.3. The summed E-state index contributed by atoms with van der Waals surface area (Å²) in [7, 11) is 0. The third-order valence-corrected chi connectivity index (χ3v) is 3.37. The summed E-state index contributed by atoms with van der Waals surface area (Å²) in [5.74, 6) is -0.0919. The molecule has 0 radical (unpaired) electrons. The maximum atomic E-state index is 11.6. The zero-order chi connectivity index (χ0) is 14.0. The van der Waals surface area contributed by atoms with E-state index in [1.54, 1.807) is 22.9 Å². The second-order valence-corrected chi connectivity index (χ2v) is 5.21. The number of hydrogen-bond donors (Lipinski definition) is 3. The third-order valence-electron chi connectivity index (χ3n) is 2.40. The van der Waals surface area contributed by atoms with Crippen LogP contribution in [0.5, 0.6) is 0 Å². The fourth-order valence-corrected chi connectivity index (χ4v) is 2.54. The Labute approximate surface area is 113 Å². The molecule has 0 atom stereocenters. The average molecular weight is 278 g/mol. The van der Waals surface area contributed by atoms with E-state index in [1.165, 1.54) is 11.8 Å². The minimum atomic E-state index is -0.238. The van der Waals surface area contributed by atoms with Gasteiger partial charge >= 0.3 is 5.69 Å². The van der Waals surface area contributed by atoms with Crippen molar-refractivity contribution in [3.8, 4) is 0 Å².